The summed E-state index contributed by atoms with van der Waals surface area (Å²) in [6.45, 7) is 6.86. The molecular weight excluding hydrogens is 376 g/mol. The molecule has 3 amide bonds. The number of rotatable bonds is 7. The third kappa shape index (κ3) is 5.60. The number of piperazine rings is 1. The largest absolute Gasteiger partial charge is 0.352 e. The average Bonchev–Trinajstić information content (AvgIpc) is 2.74. The first-order valence-corrected chi connectivity index (χ1v) is 10.6. The van der Waals surface area contributed by atoms with Gasteiger partial charge < -0.3 is 16.0 Å². The van der Waals surface area contributed by atoms with Gasteiger partial charge in [-0.25, -0.2) is 4.79 Å². The molecule has 3 N–H and O–H groups in total. The smallest absolute Gasteiger partial charge is 0.312 e. The third-order valence-corrected chi connectivity index (χ3v) is 5.54. The quantitative estimate of drug-likeness (QED) is 0.739. The zero-order valence-electron chi connectivity index (χ0n) is 17.8. The molecule has 1 saturated heterocycles. The Morgan fingerprint density at radius 1 is 0.900 bits per heavy atom. The highest BCUT2D eigenvalue weighted by Gasteiger charge is 2.31. The standard InChI is InChI=1S/C24H32N4O2/c1-18(2)17-21(26-24(25)30)23(29)28-15-13-27(14-16-28)22(19-9-5-3-6-10-19)20-11-7-4-8-12-20/h3-12,18,21-22H,13-17H2,1-2H3,(H3,25,26,30)/t21-/m1/s1. The van der Waals surface area contributed by atoms with Crippen LogP contribution in [0, 0.1) is 5.92 Å². The second-order valence-corrected chi connectivity index (χ2v) is 8.28. The Labute approximate surface area is 179 Å². The Balaban J connectivity index is 1.72. The lowest BCUT2D eigenvalue weighted by molar-refractivity contribution is -0.135. The number of urea groups is 1. The van der Waals surface area contributed by atoms with Gasteiger partial charge in [-0.2, -0.15) is 0 Å². The summed E-state index contributed by atoms with van der Waals surface area (Å²) in [4.78, 5) is 28.7. The molecule has 0 bridgehead atoms. The second kappa shape index (κ2) is 10.3. The van der Waals surface area contributed by atoms with Gasteiger partial charge >= 0.3 is 6.03 Å². The van der Waals surface area contributed by atoms with Crippen molar-refractivity contribution in [3.63, 3.8) is 0 Å². The van der Waals surface area contributed by atoms with Crippen LogP contribution < -0.4 is 11.1 Å². The summed E-state index contributed by atoms with van der Waals surface area (Å²) in [5.41, 5.74) is 7.79. The van der Waals surface area contributed by atoms with E-state index in [0.717, 1.165) is 13.1 Å². The highest BCUT2D eigenvalue weighted by Crippen LogP contribution is 2.29. The van der Waals surface area contributed by atoms with Crippen LogP contribution in [0.5, 0.6) is 0 Å². The fourth-order valence-corrected chi connectivity index (χ4v) is 4.17. The molecule has 1 atom stereocenters. The van der Waals surface area contributed by atoms with Crippen LogP contribution in [0.4, 0.5) is 4.79 Å². The van der Waals surface area contributed by atoms with E-state index >= 15 is 0 Å². The van der Waals surface area contributed by atoms with E-state index in [4.69, 9.17) is 5.73 Å². The third-order valence-electron chi connectivity index (χ3n) is 5.54. The topological polar surface area (TPSA) is 78.7 Å². The maximum Gasteiger partial charge on any atom is 0.312 e. The number of hydrogen-bond donors (Lipinski definition) is 2. The maximum atomic E-state index is 13.0. The van der Waals surface area contributed by atoms with Crippen LogP contribution in [-0.2, 0) is 4.79 Å². The van der Waals surface area contributed by atoms with Gasteiger partial charge in [-0.05, 0) is 23.5 Å². The predicted molar refractivity (Wildman–Crippen MR) is 119 cm³/mol. The van der Waals surface area contributed by atoms with Crippen LogP contribution in [0.1, 0.15) is 37.4 Å². The second-order valence-electron chi connectivity index (χ2n) is 8.28. The van der Waals surface area contributed by atoms with Crippen molar-refractivity contribution in [1.82, 2.24) is 15.1 Å². The van der Waals surface area contributed by atoms with Crippen molar-refractivity contribution in [3.05, 3.63) is 71.8 Å². The average molecular weight is 409 g/mol. The number of hydrogen-bond acceptors (Lipinski definition) is 3. The van der Waals surface area contributed by atoms with Crippen molar-refractivity contribution >= 4 is 11.9 Å². The summed E-state index contributed by atoms with van der Waals surface area (Å²) in [5.74, 6) is 0.241. The minimum absolute atomic E-state index is 0.0434. The molecule has 0 radical (unpaired) electrons. The van der Waals surface area contributed by atoms with Crippen molar-refractivity contribution in [2.75, 3.05) is 26.2 Å². The molecule has 1 aliphatic rings. The number of carbonyl (C=O) groups is 2. The number of amides is 3. The molecule has 1 heterocycles. The molecule has 3 rings (SSSR count). The first kappa shape index (κ1) is 21.8. The van der Waals surface area contributed by atoms with Crippen molar-refractivity contribution in [2.45, 2.75) is 32.4 Å². The van der Waals surface area contributed by atoms with Crippen LogP contribution in [-0.4, -0.2) is 54.0 Å². The van der Waals surface area contributed by atoms with E-state index in [-0.39, 0.29) is 17.9 Å². The SMILES string of the molecule is CC(C)C[C@@H](NC(N)=O)C(=O)N1CCN(C(c2ccccc2)c2ccccc2)CC1. The van der Waals surface area contributed by atoms with Crippen LogP contribution in [0.15, 0.2) is 60.7 Å². The van der Waals surface area contributed by atoms with Gasteiger partial charge in [0.15, 0.2) is 0 Å². The normalized spacial score (nSPS) is 15.9. The molecule has 160 valence electrons. The Kier molecular flexibility index (Phi) is 7.46. The Bertz CT molecular complexity index is 778. The molecule has 6 heteroatoms. The summed E-state index contributed by atoms with van der Waals surface area (Å²) in [6.07, 6.45) is 0.582. The summed E-state index contributed by atoms with van der Waals surface area (Å²) in [7, 11) is 0. The van der Waals surface area contributed by atoms with Gasteiger partial charge in [-0.3, -0.25) is 9.69 Å². The van der Waals surface area contributed by atoms with Crippen LogP contribution in [0.25, 0.3) is 0 Å². The van der Waals surface area contributed by atoms with Gasteiger partial charge in [0.05, 0.1) is 6.04 Å². The lowest BCUT2D eigenvalue weighted by Crippen LogP contribution is -2.56. The van der Waals surface area contributed by atoms with E-state index in [9.17, 15) is 9.59 Å². The Hall–Kier alpha value is -2.86. The fraction of sp³-hybridized carbons (Fsp3) is 0.417. The van der Waals surface area contributed by atoms with E-state index in [1.807, 2.05) is 30.9 Å². The first-order chi connectivity index (χ1) is 14.5. The zero-order valence-corrected chi connectivity index (χ0v) is 17.8. The number of nitrogens with two attached hydrogens (primary N) is 1. The zero-order chi connectivity index (χ0) is 21.5. The lowest BCUT2D eigenvalue weighted by Gasteiger charge is -2.40. The molecule has 0 aliphatic carbocycles. The molecule has 0 saturated carbocycles. The summed E-state index contributed by atoms with van der Waals surface area (Å²) >= 11 is 0. The molecule has 30 heavy (non-hydrogen) atoms. The molecule has 1 aliphatic heterocycles. The minimum Gasteiger partial charge on any atom is -0.352 e. The van der Waals surface area contributed by atoms with E-state index < -0.39 is 12.1 Å². The minimum atomic E-state index is -0.652. The number of carbonyl (C=O) groups excluding carboxylic acids is 2. The van der Waals surface area contributed by atoms with Crippen LogP contribution in [0.3, 0.4) is 0 Å². The van der Waals surface area contributed by atoms with E-state index in [2.05, 4.69) is 58.7 Å². The number of nitrogens with zero attached hydrogens (tertiary/aromatic N) is 2. The van der Waals surface area contributed by atoms with Crippen LogP contribution >= 0.6 is 0 Å². The Morgan fingerprint density at radius 2 is 1.40 bits per heavy atom. The summed E-state index contributed by atoms with van der Waals surface area (Å²) in [5, 5.41) is 2.63. The van der Waals surface area contributed by atoms with Gasteiger partial charge in [-0.1, -0.05) is 74.5 Å². The highest BCUT2D eigenvalue weighted by molar-refractivity contribution is 5.86. The van der Waals surface area contributed by atoms with Gasteiger partial charge in [0.2, 0.25) is 5.91 Å². The molecule has 0 spiro atoms. The molecule has 6 nitrogen and oxygen atoms in total. The maximum absolute atomic E-state index is 13.0. The fourth-order valence-electron chi connectivity index (χ4n) is 4.17. The van der Waals surface area contributed by atoms with E-state index in [1.54, 1.807) is 0 Å². The summed E-state index contributed by atoms with van der Waals surface area (Å²) in [6, 6.07) is 19.9. The molecule has 0 aromatic heterocycles. The number of primary amides is 1. The number of nitrogens with one attached hydrogen (secondary N) is 1. The first-order valence-electron chi connectivity index (χ1n) is 10.6. The molecule has 0 unspecified atom stereocenters. The molecular formula is C24H32N4O2. The number of benzene rings is 2. The monoisotopic (exact) mass is 408 g/mol. The molecule has 2 aromatic carbocycles. The van der Waals surface area contributed by atoms with Crippen molar-refractivity contribution in [1.29, 1.82) is 0 Å². The van der Waals surface area contributed by atoms with Crippen molar-refractivity contribution < 1.29 is 9.59 Å². The highest BCUT2D eigenvalue weighted by atomic mass is 16.2. The summed E-state index contributed by atoms with van der Waals surface area (Å²) < 4.78 is 0. The van der Waals surface area contributed by atoms with E-state index in [0.29, 0.717) is 19.5 Å². The Morgan fingerprint density at radius 3 is 1.83 bits per heavy atom. The van der Waals surface area contributed by atoms with Crippen molar-refractivity contribution in [3.8, 4) is 0 Å². The van der Waals surface area contributed by atoms with Crippen molar-refractivity contribution in [2.24, 2.45) is 11.7 Å². The van der Waals surface area contributed by atoms with Gasteiger partial charge in [0, 0.05) is 26.2 Å². The molecule has 1 fully saturated rings. The van der Waals surface area contributed by atoms with Gasteiger partial charge in [-0.15, -0.1) is 0 Å². The van der Waals surface area contributed by atoms with Gasteiger partial charge in [0.1, 0.15) is 6.04 Å². The van der Waals surface area contributed by atoms with Gasteiger partial charge in [0.25, 0.3) is 0 Å². The predicted octanol–water partition coefficient (Wildman–Crippen LogP) is 3.00. The van der Waals surface area contributed by atoms with Crippen LogP contribution in [0.2, 0.25) is 0 Å². The lowest BCUT2D eigenvalue weighted by atomic mass is 9.96. The molecule has 2 aromatic rings. The van der Waals surface area contributed by atoms with E-state index in [1.165, 1.54) is 11.1 Å².